The molecule has 1 aliphatic heterocycles. The second kappa shape index (κ2) is 3.46. The molecule has 0 radical (unpaired) electrons. The van der Waals surface area contributed by atoms with E-state index in [1.165, 1.54) is 12.8 Å². The summed E-state index contributed by atoms with van der Waals surface area (Å²) in [7, 11) is 0. The monoisotopic (exact) mass is 163 g/mol. The van der Waals surface area contributed by atoms with Crippen molar-refractivity contribution in [3.63, 3.8) is 0 Å². The van der Waals surface area contributed by atoms with Crippen molar-refractivity contribution in [2.24, 2.45) is 0 Å². The van der Waals surface area contributed by atoms with Gasteiger partial charge in [-0.2, -0.15) is 0 Å². The predicted molar refractivity (Wildman–Crippen MR) is 41.0 cm³/mol. The van der Waals surface area contributed by atoms with Crippen LogP contribution in [-0.4, -0.2) is 32.1 Å². The highest BCUT2D eigenvalue weighted by atomic mass is 32.2. The van der Waals surface area contributed by atoms with Gasteiger partial charge >= 0.3 is 0 Å². The Morgan fingerprint density at radius 1 is 1.50 bits per heavy atom. The molecule has 0 spiro atoms. The van der Waals surface area contributed by atoms with Crippen molar-refractivity contribution in [3.05, 3.63) is 0 Å². The molecule has 3 nitrogen and oxygen atoms in total. The van der Waals surface area contributed by atoms with Crippen LogP contribution in [0.3, 0.4) is 0 Å². The molecule has 4 heteroatoms. The minimum atomic E-state index is -1.67. The molecule has 10 heavy (non-hydrogen) atoms. The van der Waals surface area contributed by atoms with Crippen molar-refractivity contribution >= 4 is 11.1 Å². The van der Waals surface area contributed by atoms with Crippen molar-refractivity contribution in [2.75, 3.05) is 13.1 Å². The molecule has 0 aromatic carbocycles. The summed E-state index contributed by atoms with van der Waals surface area (Å²) < 4.78 is 19.3. The molecule has 0 aromatic heterocycles. The molecular formula is C6H13NO2S. The molecule has 0 bridgehead atoms. The van der Waals surface area contributed by atoms with Crippen LogP contribution in [0.1, 0.15) is 19.8 Å². The van der Waals surface area contributed by atoms with Crippen molar-refractivity contribution in [2.45, 2.75) is 25.1 Å². The number of nitrogens with zero attached hydrogens (tertiary/aromatic N) is 1. The summed E-state index contributed by atoms with van der Waals surface area (Å²) in [6.07, 6.45) is 2.34. The lowest BCUT2D eigenvalue weighted by Crippen LogP contribution is -2.33. The lowest BCUT2D eigenvalue weighted by molar-refractivity contribution is 0.315. The molecule has 1 rings (SSSR count). The van der Waals surface area contributed by atoms with Crippen LogP contribution in [0.25, 0.3) is 0 Å². The third-order valence-corrected chi connectivity index (χ3v) is 2.83. The maximum Gasteiger partial charge on any atom is 0.170 e. The summed E-state index contributed by atoms with van der Waals surface area (Å²) in [6, 6.07) is 0. The second-order valence-corrected chi connectivity index (χ2v) is 3.85. The van der Waals surface area contributed by atoms with Gasteiger partial charge in [-0.25, -0.2) is 4.21 Å². The molecule has 2 atom stereocenters. The van der Waals surface area contributed by atoms with E-state index >= 15 is 0 Å². The minimum absolute atomic E-state index is 0.178. The van der Waals surface area contributed by atoms with Crippen LogP contribution in [0.2, 0.25) is 0 Å². The molecule has 1 aliphatic rings. The van der Waals surface area contributed by atoms with Gasteiger partial charge in [0.15, 0.2) is 11.1 Å². The summed E-state index contributed by atoms with van der Waals surface area (Å²) in [5.74, 6) is 0. The maximum absolute atomic E-state index is 10.6. The van der Waals surface area contributed by atoms with E-state index in [1.54, 1.807) is 6.92 Å². The fourth-order valence-corrected chi connectivity index (χ4v) is 1.70. The molecule has 0 aromatic rings. The fraction of sp³-hybridized carbons (Fsp3) is 1.00. The molecule has 1 N–H and O–H groups in total. The standard InChI is InChI=1S/C6H13NO2S/c1-6(10(8)9)7-4-2-3-5-7/h6H,2-5H2,1H3,(H,8,9). The highest BCUT2D eigenvalue weighted by Crippen LogP contribution is 2.12. The Morgan fingerprint density at radius 3 is 2.40 bits per heavy atom. The average molecular weight is 163 g/mol. The molecule has 0 amide bonds. The van der Waals surface area contributed by atoms with Crippen LogP contribution in [0, 0.1) is 0 Å². The Bertz CT molecular complexity index is 134. The van der Waals surface area contributed by atoms with E-state index in [0.29, 0.717) is 0 Å². The average Bonchev–Trinajstić information content (AvgIpc) is 2.36. The first-order valence-electron chi connectivity index (χ1n) is 3.55. The summed E-state index contributed by atoms with van der Waals surface area (Å²) >= 11 is -1.67. The molecule has 0 aliphatic carbocycles. The number of hydrogen-bond acceptors (Lipinski definition) is 2. The van der Waals surface area contributed by atoms with Crippen LogP contribution in [0.15, 0.2) is 0 Å². The first-order chi connectivity index (χ1) is 4.72. The lowest BCUT2D eigenvalue weighted by Gasteiger charge is -2.19. The van der Waals surface area contributed by atoms with Crippen LogP contribution in [0.5, 0.6) is 0 Å². The molecule has 1 heterocycles. The zero-order valence-corrected chi connectivity index (χ0v) is 6.93. The quantitative estimate of drug-likeness (QED) is 0.608. The zero-order chi connectivity index (χ0) is 7.56. The van der Waals surface area contributed by atoms with E-state index in [2.05, 4.69) is 4.90 Å². The van der Waals surface area contributed by atoms with Gasteiger partial charge in [-0.15, -0.1) is 0 Å². The highest BCUT2D eigenvalue weighted by Gasteiger charge is 2.21. The van der Waals surface area contributed by atoms with E-state index in [-0.39, 0.29) is 5.37 Å². The van der Waals surface area contributed by atoms with Gasteiger partial charge in [-0.05, 0) is 32.9 Å². The molecule has 60 valence electrons. The van der Waals surface area contributed by atoms with E-state index in [0.717, 1.165) is 13.1 Å². The number of likely N-dealkylation sites (tertiary alicyclic amines) is 1. The van der Waals surface area contributed by atoms with Crippen LogP contribution in [-0.2, 0) is 11.1 Å². The Balaban J connectivity index is 2.39. The van der Waals surface area contributed by atoms with Gasteiger partial charge in [-0.3, -0.25) is 4.90 Å². The van der Waals surface area contributed by atoms with Gasteiger partial charge in [-0.1, -0.05) is 0 Å². The van der Waals surface area contributed by atoms with Gasteiger partial charge in [0.1, 0.15) is 5.37 Å². The van der Waals surface area contributed by atoms with Gasteiger partial charge in [0.05, 0.1) is 0 Å². The highest BCUT2D eigenvalue weighted by molar-refractivity contribution is 7.79. The molecule has 1 saturated heterocycles. The maximum atomic E-state index is 10.6. The molecule has 1 fully saturated rings. The van der Waals surface area contributed by atoms with Crippen molar-refractivity contribution < 1.29 is 8.76 Å². The third-order valence-electron chi connectivity index (χ3n) is 1.95. The van der Waals surface area contributed by atoms with Gasteiger partial charge in [0.25, 0.3) is 0 Å². The van der Waals surface area contributed by atoms with E-state index in [9.17, 15) is 4.21 Å². The van der Waals surface area contributed by atoms with E-state index in [1.807, 2.05) is 0 Å². The van der Waals surface area contributed by atoms with Crippen LogP contribution in [0.4, 0.5) is 0 Å². The third kappa shape index (κ3) is 1.78. The normalized spacial score (nSPS) is 26.6. The first kappa shape index (κ1) is 8.17. The fourth-order valence-electron chi connectivity index (χ4n) is 1.23. The molecular weight excluding hydrogens is 150 g/mol. The lowest BCUT2D eigenvalue weighted by atomic mass is 10.4. The van der Waals surface area contributed by atoms with Gasteiger partial charge in [0, 0.05) is 0 Å². The SMILES string of the molecule is CC(N1CCCC1)S(=O)O. The van der Waals surface area contributed by atoms with Crippen molar-refractivity contribution in [3.8, 4) is 0 Å². The summed E-state index contributed by atoms with van der Waals surface area (Å²) in [5.41, 5.74) is 0. The minimum Gasteiger partial charge on any atom is -0.305 e. The van der Waals surface area contributed by atoms with Crippen LogP contribution >= 0.6 is 0 Å². The summed E-state index contributed by atoms with van der Waals surface area (Å²) in [5, 5.41) is -0.178. The zero-order valence-electron chi connectivity index (χ0n) is 6.12. The van der Waals surface area contributed by atoms with Crippen molar-refractivity contribution in [1.82, 2.24) is 4.90 Å². The van der Waals surface area contributed by atoms with Gasteiger partial charge < -0.3 is 4.55 Å². The second-order valence-electron chi connectivity index (χ2n) is 2.62. The van der Waals surface area contributed by atoms with Crippen LogP contribution < -0.4 is 0 Å². The Kier molecular flexibility index (Phi) is 2.82. The summed E-state index contributed by atoms with van der Waals surface area (Å²) in [6.45, 7) is 3.75. The summed E-state index contributed by atoms with van der Waals surface area (Å²) in [4.78, 5) is 2.05. The van der Waals surface area contributed by atoms with Gasteiger partial charge in [0.2, 0.25) is 0 Å². The van der Waals surface area contributed by atoms with Crippen molar-refractivity contribution in [1.29, 1.82) is 0 Å². The smallest absolute Gasteiger partial charge is 0.170 e. The Hall–Kier alpha value is 0.0700. The topological polar surface area (TPSA) is 40.5 Å². The Morgan fingerprint density at radius 2 is 2.00 bits per heavy atom. The molecule has 0 saturated carbocycles. The number of rotatable bonds is 2. The predicted octanol–water partition coefficient (Wildman–Crippen LogP) is 0.650. The number of hydrogen-bond donors (Lipinski definition) is 1. The first-order valence-corrected chi connectivity index (χ1v) is 4.72. The largest absolute Gasteiger partial charge is 0.305 e. The molecule has 2 unspecified atom stereocenters. The Labute approximate surface area is 63.7 Å². The van der Waals surface area contributed by atoms with E-state index < -0.39 is 11.1 Å². The van der Waals surface area contributed by atoms with E-state index in [4.69, 9.17) is 4.55 Å².